The Morgan fingerprint density at radius 1 is 1.00 bits per heavy atom. The zero-order valence-electron chi connectivity index (χ0n) is 21.6. The maximum absolute atomic E-state index is 12.8. The van der Waals surface area contributed by atoms with Gasteiger partial charge in [0.25, 0.3) is 0 Å². The van der Waals surface area contributed by atoms with E-state index in [1.807, 2.05) is 0 Å². The van der Waals surface area contributed by atoms with E-state index in [-0.39, 0.29) is 29.3 Å². The number of hydrogen-bond donors (Lipinski definition) is 0. The van der Waals surface area contributed by atoms with Crippen molar-refractivity contribution in [1.29, 1.82) is 0 Å². The number of carbonyl (C=O) groups is 1. The summed E-state index contributed by atoms with van der Waals surface area (Å²) in [6.45, 7) is 13.7. The van der Waals surface area contributed by atoms with Crippen molar-refractivity contribution in [3.8, 4) is 0 Å². The van der Waals surface area contributed by atoms with E-state index >= 15 is 0 Å². The summed E-state index contributed by atoms with van der Waals surface area (Å²) in [6.07, 6.45) is 11.0. The molecule has 6 rings (SSSR count). The van der Waals surface area contributed by atoms with Crippen molar-refractivity contribution in [2.24, 2.45) is 52.3 Å². The molecule has 2 aliphatic heterocycles. The lowest BCUT2D eigenvalue weighted by atomic mass is 9.43. The fourth-order valence-corrected chi connectivity index (χ4v) is 10.3. The second-order valence-electron chi connectivity index (χ2n) is 13.7. The second-order valence-corrected chi connectivity index (χ2v) is 13.7. The molecule has 0 unspecified atom stereocenters. The number of epoxide rings is 1. The molecule has 0 aromatic heterocycles. The van der Waals surface area contributed by atoms with Crippen molar-refractivity contribution in [3.05, 3.63) is 0 Å². The first kappa shape index (κ1) is 23.0. The van der Waals surface area contributed by atoms with Gasteiger partial charge in [0.2, 0.25) is 0 Å². The predicted molar refractivity (Wildman–Crippen MR) is 128 cm³/mol. The van der Waals surface area contributed by atoms with Crippen LogP contribution in [0.2, 0.25) is 0 Å². The van der Waals surface area contributed by atoms with E-state index in [4.69, 9.17) is 14.2 Å². The van der Waals surface area contributed by atoms with Crippen LogP contribution in [0.15, 0.2) is 0 Å². The van der Waals surface area contributed by atoms with Gasteiger partial charge in [-0.1, -0.05) is 53.9 Å². The summed E-state index contributed by atoms with van der Waals surface area (Å²) in [4.78, 5) is 12.8. The molecule has 2 saturated heterocycles. The first-order chi connectivity index (χ1) is 15.7. The van der Waals surface area contributed by atoms with Crippen molar-refractivity contribution in [3.63, 3.8) is 0 Å². The van der Waals surface area contributed by atoms with Crippen LogP contribution in [-0.4, -0.2) is 37.0 Å². The molecule has 4 saturated carbocycles. The largest absolute Gasteiger partial charge is 0.361 e. The fourth-order valence-electron chi connectivity index (χ4n) is 10.3. The highest BCUT2D eigenvalue weighted by Crippen LogP contribution is 2.72. The molecule has 10 atom stereocenters. The van der Waals surface area contributed by atoms with Gasteiger partial charge < -0.3 is 14.2 Å². The van der Waals surface area contributed by atoms with Gasteiger partial charge in [-0.15, -0.1) is 0 Å². The van der Waals surface area contributed by atoms with E-state index in [1.165, 1.54) is 44.9 Å². The number of Topliss-reactive ketones (excluding diaryl/α,β-unsaturated/α-hetero) is 1. The number of fused-ring (bicyclic) bond motifs is 8. The van der Waals surface area contributed by atoms with E-state index in [2.05, 4.69) is 34.6 Å². The third kappa shape index (κ3) is 3.22. The Labute approximate surface area is 200 Å². The molecule has 33 heavy (non-hydrogen) atoms. The van der Waals surface area contributed by atoms with Gasteiger partial charge >= 0.3 is 0 Å². The molecule has 0 amide bonds. The smallest absolute Gasteiger partial charge is 0.172 e. The number of ketones is 1. The van der Waals surface area contributed by atoms with Crippen LogP contribution in [0.25, 0.3) is 0 Å². The monoisotopic (exact) mass is 458 g/mol. The van der Waals surface area contributed by atoms with Crippen molar-refractivity contribution in [2.45, 2.75) is 110 Å². The number of hydrogen-bond acceptors (Lipinski definition) is 4. The Balaban J connectivity index is 1.28. The fraction of sp³-hybridized carbons (Fsp3) is 0.966. The highest BCUT2D eigenvalue weighted by atomic mass is 16.7. The van der Waals surface area contributed by atoms with Crippen LogP contribution in [0.3, 0.4) is 0 Å². The van der Waals surface area contributed by atoms with E-state index in [1.54, 1.807) is 0 Å². The first-order valence-corrected chi connectivity index (χ1v) is 14.2. The summed E-state index contributed by atoms with van der Waals surface area (Å²) < 4.78 is 19.1. The summed E-state index contributed by atoms with van der Waals surface area (Å²) in [7, 11) is 0. The second kappa shape index (κ2) is 7.77. The van der Waals surface area contributed by atoms with Gasteiger partial charge in [0.05, 0.1) is 19.3 Å². The minimum atomic E-state index is -0.554. The lowest BCUT2D eigenvalue weighted by Gasteiger charge is -2.63. The topological polar surface area (TPSA) is 48.1 Å². The maximum atomic E-state index is 12.8. The van der Waals surface area contributed by atoms with E-state index < -0.39 is 5.79 Å². The van der Waals surface area contributed by atoms with E-state index in [9.17, 15) is 4.79 Å². The van der Waals surface area contributed by atoms with Gasteiger partial charge in [0.15, 0.2) is 11.6 Å². The zero-order chi connectivity index (χ0) is 23.2. The summed E-state index contributed by atoms with van der Waals surface area (Å²) in [6, 6.07) is 0. The normalized spacial score (nSPS) is 50.6. The molecule has 0 radical (unpaired) electrons. The van der Waals surface area contributed by atoms with Crippen LogP contribution in [0.5, 0.6) is 0 Å². The summed E-state index contributed by atoms with van der Waals surface area (Å²) in [5.41, 5.74) is 0.448. The van der Waals surface area contributed by atoms with E-state index in [0.717, 1.165) is 30.1 Å². The van der Waals surface area contributed by atoms with Gasteiger partial charge in [-0.25, -0.2) is 0 Å². The molecule has 4 aliphatic carbocycles. The van der Waals surface area contributed by atoms with Crippen molar-refractivity contribution in [1.82, 2.24) is 0 Å². The molecule has 0 aromatic carbocycles. The number of rotatable bonds is 5. The molecular weight excluding hydrogens is 412 g/mol. The molecule has 4 heteroatoms. The highest BCUT2D eigenvalue weighted by Gasteiger charge is 2.75. The Morgan fingerprint density at radius 2 is 1.76 bits per heavy atom. The summed E-state index contributed by atoms with van der Waals surface area (Å²) in [5.74, 6) is 4.39. The van der Waals surface area contributed by atoms with Crippen LogP contribution < -0.4 is 0 Å². The van der Waals surface area contributed by atoms with Crippen LogP contribution in [0, 0.1) is 52.3 Å². The zero-order valence-corrected chi connectivity index (χ0v) is 21.6. The van der Waals surface area contributed by atoms with Crippen LogP contribution in [0.4, 0.5) is 0 Å². The van der Waals surface area contributed by atoms with Gasteiger partial charge in [-0.2, -0.15) is 0 Å². The number of ether oxygens (including phenoxy) is 3. The van der Waals surface area contributed by atoms with E-state index in [0.29, 0.717) is 36.9 Å². The minimum absolute atomic E-state index is 0.00807. The third-order valence-corrected chi connectivity index (χ3v) is 11.8. The van der Waals surface area contributed by atoms with Crippen molar-refractivity contribution in [2.75, 3.05) is 13.2 Å². The average molecular weight is 459 g/mol. The van der Waals surface area contributed by atoms with Gasteiger partial charge in [0, 0.05) is 24.2 Å². The molecule has 0 N–H and O–H groups in total. The standard InChI is InChI=1S/C29H46O4/c1-17(2)7-6-8-18(3)20-9-10-21-19-16-29(31-13-14-32-29)24-15-23(30)25-26(33-25)28(24,5)22(19)11-12-27(20,21)4/h17-22,24-26H,6-16H2,1-5H3/t18-,19+,20-,21+,22+,24+,25+,26+,27-,28-/m1/s1. The molecule has 186 valence electrons. The predicted octanol–water partition coefficient (Wildman–Crippen LogP) is 6.02. The van der Waals surface area contributed by atoms with Gasteiger partial charge in [-0.3, -0.25) is 4.79 Å². The van der Waals surface area contributed by atoms with Gasteiger partial charge in [-0.05, 0) is 66.6 Å². The maximum Gasteiger partial charge on any atom is 0.172 e. The first-order valence-electron chi connectivity index (χ1n) is 14.2. The molecule has 0 aromatic rings. The van der Waals surface area contributed by atoms with Crippen LogP contribution >= 0.6 is 0 Å². The molecule has 6 aliphatic rings. The van der Waals surface area contributed by atoms with Crippen molar-refractivity contribution >= 4 is 5.78 Å². The van der Waals surface area contributed by atoms with Crippen LogP contribution in [0.1, 0.15) is 92.4 Å². The van der Waals surface area contributed by atoms with Crippen molar-refractivity contribution < 1.29 is 19.0 Å². The summed E-state index contributed by atoms with van der Waals surface area (Å²) >= 11 is 0. The third-order valence-electron chi connectivity index (χ3n) is 11.8. The van der Waals surface area contributed by atoms with Crippen LogP contribution in [-0.2, 0) is 19.0 Å². The Morgan fingerprint density at radius 3 is 2.48 bits per heavy atom. The molecule has 1 spiro atoms. The lowest BCUT2D eigenvalue weighted by molar-refractivity contribution is -0.288. The molecular formula is C29H46O4. The molecule has 4 nitrogen and oxygen atoms in total. The average Bonchev–Trinajstić information content (AvgIpc) is 3.34. The highest BCUT2D eigenvalue weighted by molar-refractivity contribution is 5.88. The Hall–Kier alpha value is -0.450. The minimum Gasteiger partial charge on any atom is -0.361 e. The quantitative estimate of drug-likeness (QED) is 0.473. The van der Waals surface area contributed by atoms with Gasteiger partial charge in [0.1, 0.15) is 6.10 Å². The number of carbonyl (C=O) groups excluding carboxylic acids is 1. The molecule has 2 heterocycles. The molecule has 0 bridgehead atoms. The lowest BCUT2D eigenvalue weighted by Crippen LogP contribution is -2.65. The molecule has 6 fully saturated rings. The summed E-state index contributed by atoms with van der Waals surface area (Å²) in [5, 5.41) is 0. The Bertz CT molecular complexity index is 786. The SMILES string of the molecule is CC(C)CCC[C@@H](C)[C@H]1CC[C@H]2[C@@H]3CC4(OCCO4)[C@H]4CC(=O)[C@@H]5O[C@@H]5[C@]4(C)[C@H]3CC[C@]12C. The Kier molecular flexibility index (Phi) is 5.41.